The molecule has 1 unspecified atom stereocenters. The van der Waals surface area contributed by atoms with E-state index in [1.165, 1.54) is 13.0 Å². The molecule has 0 aromatic heterocycles. The summed E-state index contributed by atoms with van der Waals surface area (Å²) in [5.41, 5.74) is 0. The summed E-state index contributed by atoms with van der Waals surface area (Å²) in [4.78, 5) is 8.24. The van der Waals surface area contributed by atoms with E-state index in [1.807, 2.05) is 0 Å². The molecule has 0 aromatic rings. The van der Waals surface area contributed by atoms with Crippen LogP contribution in [0.3, 0.4) is 0 Å². The first kappa shape index (κ1) is 10.4. The molecular weight excluding hydrogens is 146 g/mol. The van der Waals surface area contributed by atoms with Gasteiger partial charge in [0.25, 0.3) is 0 Å². The smallest absolute Gasteiger partial charge is 0.414 e. The predicted molar refractivity (Wildman–Crippen MR) is 41.2 cm³/mol. The third-order valence-corrected chi connectivity index (χ3v) is 1.56. The van der Waals surface area contributed by atoms with Crippen LogP contribution in [0.4, 0.5) is 0 Å². The maximum atomic E-state index is 8.24. The van der Waals surface area contributed by atoms with Crippen LogP contribution in [0, 0.1) is 5.92 Å². The first-order valence-electron chi connectivity index (χ1n) is 3.56. The van der Waals surface area contributed by atoms with Crippen molar-refractivity contribution in [2.45, 2.75) is 6.42 Å². The molecule has 1 aliphatic heterocycles. The Morgan fingerprint density at radius 1 is 1.82 bits per heavy atom. The highest BCUT2D eigenvalue weighted by atomic mass is 16.5. The monoisotopic (exact) mass is 160 g/mol. The normalized spacial score (nSPS) is 22.1. The quantitative estimate of drug-likeness (QED) is 0.590. The molecule has 65 valence electrons. The van der Waals surface area contributed by atoms with Gasteiger partial charge in [-0.1, -0.05) is 0 Å². The standard InChI is InChI=1S/C6H13NO.CHO2/c1-8-5-6-2-3-7-4-6;2-1-3/h6-7H,2-5H2,1H3;(H,2,3). The lowest BCUT2D eigenvalue weighted by Gasteiger charge is -2.03. The fraction of sp³-hybridized carbons (Fsp3) is 0.857. The fourth-order valence-corrected chi connectivity index (χ4v) is 1.09. The summed E-state index contributed by atoms with van der Waals surface area (Å²) >= 11 is 0. The lowest BCUT2D eigenvalue weighted by Crippen LogP contribution is -2.12. The van der Waals surface area contributed by atoms with E-state index >= 15 is 0 Å². The van der Waals surface area contributed by atoms with Gasteiger partial charge in [-0.2, -0.15) is 0 Å². The topological polar surface area (TPSA) is 58.6 Å². The molecule has 1 atom stereocenters. The van der Waals surface area contributed by atoms with E-state index in [1.54, 1.807) is 7.11 Å². The molecule has 0 amide bonds. The Balaban J connectivity index is 0.000000292. The summed E-state index contributed by atoms with van der Waals surface area (Å²) in [5.74, 6) is 0.778. The van der Waals surface area contributed by atoms with Gasteiger partial charge in [0.1, 0.15) is 0 Å². The third kappa shape index (κ3) is 5.82. The number of hydrogen-bond donors (Lipinski definition) is 2. The van der Waals surface area contributed by atoms with Crippen LogP contribution in [0.1, 0.15) is 6.42 Å². The molecule has 0 spiro atoms. The predicted octanol–water partition coefficient (Wildman–Crippen LogP) is -0.146. The summed E-state index contributed by atoms with van der Waals surface area (Å²) in [5, 5.41) is 10.0. The second kappa shape index (κ2) is 7.50. The van der Waals surface area contributed by atoms with E-state index in [4.69, 9.17) is 14.6 Å². The van der Waals surface area contributed by atoms with Gasteiger partial charge < -0.3 is 15.2 Å². The van der Waals surface area contributed by atoms with Crippen LogP contribution in [0.5, 0.6) is 0 Å². The van der Waals surface area contributed by atoms with Crippen LogP contribution in [-0.2, 0) is 9.53 Å². The maximum absolute atomic E-state index is 8.24. The van der Waals surface area contributed by atoms with Gasteiger partial charge in [0, 0.05) is 13.7 Å². The molecule has 2 N–H and O–H groups in total. The first-order chi connectivity index (χ1) is 5.35. The van der Waals surface area contributed by atoms with Gasteiger partial charge >= 0.3 is 6.47 Å². The zero-order chi connectivity index (χ0) is 8.53. The van der Waals surface area contributed by atoms with Crippen molar-refractivity contribution in [2.24, 2.45) is 5.92 Å². The van der Waals surface area contributed by atoms with Gasteiger partial charge in [0.15, 0.2) is 0 Å². The number of ether oxygens (including phenoxy) is 1. The van der Waals surface area contributed by atoms with E-state index in [0.717, 1.165) is 19.1 Å². The van der Waals surface area contributed by atoms with E-state index < -0.39 is 0 Å². The minimum absolute atomic E-state index is 0.500. The van der Waals surface area contributed by atoms with E-state index in [0.29, 0.717) is 6.47 Å². The average Bonchev–Trinajstić information content (AvgIpc) is 2.42. The number of aliphatic hydroxyl groups excluding tert-OH is 1. The summed E-state index contributed by atoms with van der Waals surface area (Å²) < 4.78 is 4.99. The zero-order valence-corrected chi connectivity index (χ0v) is 6.67. The Morgan fingerprint density at radius 2 is 2.45 bits per heavy atom. The molecule has 1 rings (SSSR count). The SMILES string of the molecule is COCC1CCNC1.O=[C]O. The number of rotatable bonds is 2. The summed E-state index contributed by atoms with van der Waals surface area (Å²) in [6.45, 7) is 3.74. The van der Waals surface area contributed by atoms with E-state index in [-0.39, 0.29) is 0 Å². The average molecular weight is 160 g/mol. The summed E-state index contributed by atoms with van der Waals surface area (Å²) in [6.07, 6.45) is 1.29. The lowest BCUT2D eigenvalue weighted by molar-refractivity contribution is 0.160. The molecule has 0 bridgehead atoms. The Morgan fingerprint density at radius 3 is 2.82 bits per heavy atom. The van der Waals surface area contributed by atoms with Crippen LogP contribution >= 0.6 is 0 Å². The molecule has 1 aliphatic rings. The first-order valence-corrected chi connectivity index (χ1v) is 3.56. The van der Waals surface area contributed by atoms with Gasteiger partial charge in [0.2, 0.25) is 0 Å². The third-order valence-electron chi connectivity index (χ3n) is 1.56. The number of nitrogens with one attached hydrogen (secondary N) is 1. The maximum Gasteiger partial charge on any atom is 0.414 e. The van der Waals surface area contributed by atoms with E-state index in [2.05, 4.69) is 5.32 Å². The van der Waals surface area contributed by atoms with Crippen molar-refractivity contribution in [1.82, 2.24) is 5.32 Å². The zero-order valence-electron chi connectivity index (χ0n) is 6.67. The molecule has 4 nitrogen and oxygen atoms in total. The van der Waals surface area contributed by atoms with Crippen LogP contribution in [-0.4, -0.2) is 38.4 Å². The molecule has 0 aromatic carbocycles. The van der Waals surface area contributed by atoms with Crippen molar-refractivity contribution in [3.8, 4) is 0 Å². The van der Waals surface area contributed by atoms with Crippen LogP contribution in [0.15, 0.2) is 0 Å². The van der Waals surface area contributed by atoms with Gasteiger partial charge in [-0.05, 0) is 18.9 Å². The largest absolute Gasteiger partial charge is 0.473 e. The summed E-state index contributed by atoms with van der Waals surface area (Å²) in [7, 11) is 1.76. The van der Waals surface area contributed by atoms with Crippen LogP contribution in [0.25, 0.3) is 0 Å². The van der Waals surface area contributed by atoms with Gasteiger partial charge in [-0.25, -0.2) is 4.79 Å². The van der Waals surface area contributed by atoms with Gasteiger partial charge in [0.05, 0.1) is 6.61 Å². The van der Waals surface area contributed by atoms with Gasteiger partial charge in [-0.3, -0.25) is 0 Å². The molecule has 1 heterocycles. The van der Waals surface area contributed by atoms with Crippen molar-refractivity contribution < 1.29 is 14.6 Å². The molecule has 1 fully saturated rings. The summed E-state index contributed by atoms with van der Waals surface area (Å²) in [6, 6.07) is 0. The molecule has 0 aliphatic carbocycles. The molecular formula is C7H14NO3. The highest BCUT2D eigenvalue weighted by Gasteiger charge is 2.12. The van der Waals surface area contributed by atoms with Crippen molar-refractivity contribution in [3.05, 3.63) is 0 Å². The molecule has 1 radical (unpaired) electrons. The second-order valence-corrected chi connectivity index (χ2v) is 2.41. The van der Waals surface area contributed by atoms with Gasteiger partial charge in [-0.15, -0.1) is 0 Å². The number of methoxy groups -OCH3 is 1. The lowest BCUT2D eigenvalue weighted by atomic mass is 10.1. The van der Waals surface area contributed by atoms with Crippen molar-refractivity contribution >= 4 is 6.47 Å². The van der Waals surface area contributed by atoms with Crippen molar-refractivity contribution in [1.29, 1.82) is 0 Å². The molecule has 0 saturated carbocycles. The highest BCUT2D eigenvalue weighted by Crippen LogP contribution is 2.05. The minimum atomic E-state index is 0.500. The Labute approximate surface area is 66.5 Å². The van der Waals surface area contributed by atoms with Crippen molar-refractivity contribution in [3.63, 3.8) is 0 Å². The fourth-order valence-electron chi connectivity index (χ4n) is 1.09. The van der Waals surface area contributed by atoms with E-state index in [9.17, 15) is 0 Å². The van der Waals surface area contributed by atoms with Crippen LogP contribution in [0.2, 0.25) is 0 Å². The Hall–Kier alpha value is -0.610. The Kier molecular flexibility index (Phi) is 7.08. The number of hydrogen-bond acceptors (Lipinski definition) is 3. The second-order valence-electron chi connectivity index (χ2n) is 2.41. The van der Waals surface area contributed by atoms with Crippen LogP contribution < -0.4 is 5.32 Å². The van der Waals surface area contributed by atoms with Crippen molar-refractivity contribution in [2.75, 3.05) is 26.8 Å². The highest BCUT2D eigenvalue weighted by molar-refractivity contribution is 5.34. The molecule has 11 heavy (non-hydrogen) atoms. The molecule has 4 heteroatoms. The Bertz CT molecular complexity index is 91.7. The molecule has 1 saturated heterocycles. The minimum Gasteiger partial charge on any atom is -0.473 e.